The fourth-order valence-corrected chi connectivity index (χ4v) is 2.12. The van der Waals surface area contributed by atoms with E-state index in [2.05, 4.69) is 17.0 Å². The molecular formula is C15H19N3O2. The molecule has 1 aromatic heterocycles. The largest absolute Gasteiger partial charge is 0.496 e. The third-order valence-corrected chi connectivity index (χ3v) is 3.07. The molecule has 5 nitrogen and oxygen atoms in total. The molecular weight excluding hydrogens is 254 g/mol. The van der Waals surface area contributed by atoms with Crippen molar-refractivity contribution in [1.82, 2.24) is 14.8 Å². The predicted octanol–water partition coefficient (Wildman–Crippen LogP) is 2.05. The summed E-state index contributed by atoms with van der Waals surface area (Å²) in [6, 6.07) is 7.57. The van der Waals surface area contributed by atoms with Crippen LogP contribution in [0.5, 0.6) is 5.75 Å². The van der Waals surface area contributed by atoms with Gasteiger partial charge < -0.3 is 4.74 Å². The van der Waals surface area contributed by atoms with Crippen molar-refractivity contribution in [2.75, 3.05) is 7.11 Å². The van der Waals surface area contributed by atoms with Crippen LogP contribution in [0.3, 0.4) is 0 Å². The van der Waals surface area contributed by atoms with Gasteiger partial charge in [0.25, 0.3) is 0 Å². The zero-order valence-corrected chi connectivity index (χ0v) is 11.9. The number of aromatic nitrogens is 3. The molecule has 0 saturated carbocycles. The zero-order chi connectivity index (χ0) is 14.4. The Bertz CT molecular complexity index is 578. The van der Waals surface area contributed by atoms with E-state index in [0.29, 0.717) is 12.8 Å². The first kappa shape index (κ1) is 14.2. The molecule has 0 aliphatic rings. The van der Waals surface area contributed by atoms with Crippen LogP contribution in [0.15, 0.2) is 30.6 Å². The highest BCUT2D eigenvalue weighted by Gasteiger charge is 2.12. The van der Waals surface area contributed by atoms with Gasteiger partial charge in [-0.2, -0.15) is 5.10 Å². The number of carbonyl (C=O) groups is 1. The molecule has 0 bridgehead atoms. The van der Waals surface area contributed by atoms with Crippen LogP contribution in [0.4, 0.5) is 0 Å². The molecule has 0 spiro atoms. The first-order chi connectivity index (χ1) is 9.74. The number of ketones is 1. The van der Waals surface area contributed by atoms with Crippen molar-refractivity contribution in [3.05, 3.63) is 42.0 Å². The van der Waals surface area contributed by atoms with Crippen molar-refractivity contribution in [3.8, 4) is 5.75 Å². The molecule has 0 aliphatic heterocycles. The van der Waals surface area contributed by atoms with Gasteiger partial charge in [0, 0.05) is 18.5 Å². The molecule has 1 aromatic carbocycles. The number of ether oxygens (including phenoxy) is 1. The van der Waals surface area contributed by atoms with E-state index >= 15 is 0 Å². The van der Waals surface area contributed by atoms with Gasteiger partial charge in [-0.1, -0.05) is 25.1 Å². The Labute approximate surface area is 118 Å². The van der Waals surface area contributed by atoms with E-state index in [1.54, 1.807) is 11.8 Å². The molecule has 2 rings (SSSR count). The van der Waals surface area contributed by atoms with Crippen molar-refractivity contribution >= 4 is 5.78 Å². The molecule has 0 unspecified atom stereocenters. The van der Waals surface area contributed by atoms with E-state index in [4.69, 9.17) is 4.74 Å². The summed E-state index contributed by atoms with van der Waals surface area (Å²) in [6.07, 6.45) is 3.12. The minimum atomic E-state index is 0.111. The highest BCUT2D eigenvalue weighted by molar-refractivity contribution is 5.83. The van der Waals surface area contributed by atoms with Crippen LogP contribution in [-0.2, 0) is 24.2 Å². The molecule has 5 heteroatoms. The molecule has 1 heterocycles. The Kier molecular flexibility index (Phi) is 4.87. The topological polar surface area (TPSA) is 57.0 Å². The monoisotopic (exact) mass is 273 g/mol. The quantitative estimate of drug-likeness (QED) is 0.774. The molecule has 0 radical (unpaired) electrons. The Morgan fingerprint density at radius 2 is 2.10 bits per heavy atom. The molecule has 0 aliphatic carbocycles. The number of benzene rings is 1. The van der Waals surface area contributed by atoms with Gasteiger partial charge in [-0.25, -0.2) is 9.67 Å². The summed E-state index contributed by atoms with van der Waals surface area (Å²) in [4.78, 5) is 16.3. The van der Waals surface area contributed by atoms with Gasteiger partial charge in [0.1, 0.15) is 23.7 Å². The van der Waals surface area contributed by atoms with E-state index in [0.717, 1.165) is 30.1 Å². The maximum atomic E-state index is 12.2. The molecule has 0 N–H and O–H groups in total. The lowest BCUT2D eigenvalue weighted by Gasteiger charge is -2.07. The average Bonchev–Trinajstić information content (AvgIpc) is 2.87. The second-order valence-corrected chi connectivity index (χ2v) is 4.60. The van der Waals surface area contributed by atoms with Gasteiger partial charge in [-0.05, 0) is 12.5 Å². The van der Waals surface area contributed by atoms with E-state index < -0.39 is 0 Å². The van der Waals surface area contributed by atoms with E-state index in [9.17, 15) is 4.79 Å². The van der Waals surface area contributed by atoms with Crippen LogP contribution >= 0.6 is 0 Å². The maximum absolute atomic E-state index is 12.2. The Balaban J connectivity index is 2.03. The Morgan fingerprint density at radius 3 is 2.85 bits per heavy atom. The van der Waals surface area contributed by atoms with Crippen molar-refractivity contribution in [2.45, 2.75) is 32.7 Å². The van der Waals surface area contributed by atoms with Crippen LogP contribution in [0.1, 0.15) is 24.7 Å². The third-order valence-electron chi connectivity index (χ3n) is 3.07. The number of hydrogen-bond donors (Lipinski definition) is 0. The lowest BCUT2D eigenvalue weighted by Crippen LogP contribution is -2.13. The van der Waals surface area contributed by atoms with Gasteiger partial charge in [0.2, 0.25) is 0 Å². The number of Topliss-reactive ketones (excluding diaryl/α,β-unsaturated/α-hetero) is 1. The molecule has 0 saturated heterocycles. The van der Waals surface area contributed by atoms with Crippen LogP contribution in [0.2, 0.25) is 0 Å². The number of hydrogen-bond acceptors (Lipinski definition) is 4. The summed E-state index contributed by atoms with van der Waals surface area (Å²) < 4.78 is 7.05. The minimum absolute atomic E-state index is 0.111. The lowest BCUT2D eigenvalue weighted by molar-refractivity contribution is -0.118. The molecule has 0 amide bonds. The number of methoxy groups -OCH3 is 1. The van der Waals surface area contributed by atoms with Gasteiger partial charge in [0.05, 0.1) is 13.5 Å². The summed E-state index contributed by atoms with van der Waals surface area (Å²) in [5.41, 5.74) is 0.904. The zero-order valence-electron chi connectivity index (χ0n) is 11.9. The smallest absolute Gasteiger partial charge is 0.144 e. The molecule has 2 aromatic rings. The van der Waals surface area contributed by atoms with Crippen LogP contribution in [-0.4, -0.2) is 27.7 Å². The summed E-state index contributed by atoms with van der Waals surface area (Å²) >= 11 is 0. The molecule has 0 fully saturated rings. The number of aryl methyl sites for hydroxylation is 1. The van der Waals surface area contributed by atoms with E-state index in [-0.39, 0.29) is 5.78 Å². The number of para-hydroxylation sites is 1. The number of carbonyl (C=O) groups excluding carboxylic acids is 1. The van der Waals surface area contributed by atoms with Gasteiger partial charge in [-0.15, -0.1) is 0 Å². The molecule has 0 atom stereocenters. The highest BCUT2D eigenvalue weighted by atomic mass is 16.5. The summed E-state index contributed by atoms with van der Waals surface area (Å²) in [5, 5.41) is 4.13. The van der Waals surface area contributed by atoms with Gasteiger partial charge in [-0.3, -0.25) is 4.79 Å². The average molecular weight is 273 g/mol. The van der Waals surface area contributed by atoms with Crippen molar-refractivity contribution in [3.63, 3.8) is 0 Å². The number of rotatable bonds is 7. The van der Waals surface area contributed by atoms with Crippen molar-refractivity contribution in [1.29, 1.82) is 0 Å². The molecule has 20 heavy (non-hydrogen) atoms. The highest BCUT2D eigenvalue weighted by Crippen LogP contribution is 2.18. The van der Waals surface area contributed by atoms with E-state index in [1.165, 1.54) is 6.33 Å². The van der Waals surface area contributed by atoms with Crippen LogP contribution < -0.4 is 4.74 Å². The predicted molar refractivity (Wildman–Crippen MR) is 75.7 cm³/mol. The Morgan fingerprint density at radius 1 is 1.30 bits per heavy atom. The van der Waals surface area contributed by atoms with Gasteiger partial charge >= 0.3 is 0 Å². The Hall–Kier alpha value is -2.17. The second kappa shape index (κ2) is 6.84. The first-order valence-electron chi connectivity index (χ1n) is 6.75. The minimum Gasteiger partial charge on any atom is -0.496 e. The normalized spacial score (nSPS) is 10.5. The number of nitrogens with zero attached hydrogens (tertiary/aromatic N) is 3. The standard InChI is InChI=1S/C15H19N3O2/c1-3-8-18-15(16-11-17-18)10-13(19)9-12-6-4-5-7-14(12)20-2/h4-7,11H,3,8-10H2,1-2H3. The lowest BCUT2D eigenvalue weighted by atomic mass is 10.1. The fourth-order valence-electron chi connectivity index (χ4n) is 2.12. The van der Waals surface area contributed by atoms with E-state index in [1.807, 2.05) is 24.3 Å². The SMILES string of the molecule is CCCn1ncnc1CC(=O)Cc1ccccc1OC. The summed E-state index contributed by atoms with van der Waals surface area (Å²) in [6.45, 7) is 2.86. The molecule has 106 valence electrons. The first-order valence-corrected chi connectivity index (χ1v) is 6.75. The van der Waals surface area contributed by atoms with Crippen molar-refractivity contribution < 1.29 is 9.53 Å². The second-order valence-electron chi connectivity index (χ2n) is 4.60. The maximum Gasteiger partial charge on any atom is 0.144 e. The van der Waals surface area contributed by atoms with Gasteiger partial charge in [0.15, 0.2) is 0 Å². The van der Waals surface area contributed by atoms with Crippen molar-refractivity contribution in [2.24, 2.45) is 0 Å². The summed E-state index contributed by atoms with van der Waals surface area (Å²) in [5.74, 6) is 1.59. The van der Waals surface area contributed by atoms with Crippen LogP contribution in [0.25, 0.3) is 0 Å². The summed E-state index contributed by atoms with van der Waals surface area (Å²) in [7, 11) is 1.61. The van der Waals surface area contributed by atoms with Crippen LogP contribution in [0, 0.1) is 0 Å². The fraction of sp³-hybridized carbons (Fsp3) is 0.400. The third kappa shape index (κ3) is 3.44.